The van der Waals surface area contributed by atoms with Crippen LogP contribution in [0.25, 0.3) is 0 Å². The summed E-state index contributed by atoms with van der Waals surface area (Å²) in [6.45, 7) is 2.07. The van der Waals surface area contributed by atoms with Crippen LogP contribution in [-0.4, -0.2) is 12.0 Å². The fraction of sp³-hybridized carbons (Fsp3) is 0.167. The summed E-state index contributed by atoms with van der Waals surface area (Å²) in [5.74, 6) is 0.644. The quantitative estimate of drug-likeness (QED) is 0.843. The molecule has 2 aromatic carbocycles. The van der Waals surface area contributed by atoms with Gasteiger partial charge in [0.15, 0.2) is 5.78 Å². The smallest absolute Gasteiger partial charge is 0.201 e. The molecule has 4 heteroatoms. The van der Waals surface area contributed by atoms with Crippen molar-refractivity contribution in [2.24, 2.45) is 0 Å². The SMILES string of the molecule is CCc1ccc2c(c1)C(=O)C1=CNc3ccccc3N[C@@H]1O2. The van der Waals surface area contributed by atoms with Crippen molar-refractivity contribution in [3.63, 3.8) is 0 Å². The minimum absolute atomic E-state index is 0.00866. The molecule has 0 saturated carbocycles. The van der Waals surface area contributed by atoms with Crippen LogP contribution in [0, 0.1) is 0 Å². The van der Waals surface area contributed by atoms with E-state index in [4.69, 9.17) is 4.74 Å². The number of Topliss-reactive ketones (excluding diaryl/α,β-unsaturated/α-hetero) is 1. The molecule has 0 aliphatic carbocycles. The average molecular weight is 292 g/mol. The van der Waals surface area contributed by atoms with Crippen LogP contribution in [0.15, 0.2) is 54.2 Å². The number of para-hydroxylation sites is 2. The Morgan fingerprint density at radius 1 is 1.14 bits per heavy atom. The molecule has 0 aromatic heterocycles. The second kappa shape index (κ2) is 4.91. The lowest BCUT2D eigenvalue weighted by atomic mass is 9.96. The first kappa shape index (κ1) is 13.0. The highest BCUT2D eigenvalue weighted by Crippen LogP contribution is 2.35. The molecule has 4 rings (SSSR count). The number of fused-ring (bicyclic) bond motifs is 3. The van der Waals surface area contributed by atoms with Crippen molar-refractivity contribution in [3.05, 3.63) is 65.4 Å². The third-order valence-electron chi connectivity index (χ3n) is 4.08. The van der Waals surface area contributed by atoms with Crippen LogP contribution < -0.4 is 15.4 Å². The summed E-state index contributed by atoms with van der Waals surface area (Å²) in [5, 5.41) is 6.48. The van der Waals surface area contributed by atoms with E-state index in [0.29, 0.717) is 16.9 Å². The number of nitrogens with one attached hydrogen (secondary N) is 2. The molecule has 2 aliphatic heterocycles. The van der Waals surface area contributed by atoms with Gasteiger partial charge >= 0.3 is 0 Å². The average Bonchev–Trinajstić information content (AvgIpc) is 2.74. The number of rotatable bonds is 1. The van der Waals surface area contributed by atoms with Gasteiger partial charge in [-0.3, -0.25) is 4.79 Å². The maximum absolute atomic E-state index is 12.8. The third-order valence-corrected chi connectivity index (χ3v) is 4.08. The van der Waals surface area contributed by atoms with Crippen molar-refractivity contribution in [2.75, 3.05) is 10.6 Å². The molecule has 0 saturated heterocycles. The summed E-state index contributed by atoms with van der Waals surface area (Å²) >= 11 is 0. The largest absolute Gasteiger partial charge is 0.466 e. The van der Waals surface area contributed by atoms with Crippen LogP contribution in [0.1, 0.15) is 22.8 Å². The van der Waals surface area contributed by atoms with Gasteiger partial charge in [-0.15, -0.1) is 0 Å². The summed E-state index contributed by atoms with van der Waals surface area (Å²) in [6.07, 6.45) is 2.17. The first-order valence-electron chi connectivity index (χ1n) is 7.42. The molecule has 0 bridgehead atoms. The van der Waals surface area contributed by atoms with Crippen molar-refractivity contribution in [3.8, 4) is 5.75 Å². The maximum atomic E-state index is 12.8. The number of aryl methyl sites for hydroxylation is 1. The molecule has 2 aliphatic rings. The standard InChI is InChI=1S/C18H16N2O2/c1-2-11-7-8-16-12(9-11)17(21)13-10-19-14-5-3-4-6-15(14)20-18(13)22-16/h3-10,18-20H,2H2,1H3/t18-/m1/s1. The first-order chi connectivity index (χ1) is 10.8. The van der Waals surface area contributed by atoms with E-state index in [1.165, 1.54) is 0 Å². The van der Waals surface area contributed by atoms with Crippen molar-refractivity contribution < 1.29 is 9.53 Å². The predicted molar refractivity (Wildman–Crippen MR) is 86.3 cm³/mol. The van der Waals surface area contributed by atoms with E-state index in [9.17, 15) is 4.79 Å². The van der Waals surface area contributed by atoms with Crippen LogP contribution in [0.2, 0.25) is 0 Å². The minimum Gasteiger partial charge on any atom is -0.466 e. The zero-order valence-corrected chi connectivity index (χ0v) is 12.2. The Morgan fingerprint density at radius 2 is 1.95 bits per heavy atom. The van der Waals surface area contributed by atoms with Crippen molar-refractivity contribution >= 4 is 17.2 Å². The highest BCUT2D eigenvalue weighted by atomic mass is 16.5. The zero-order chi connectivity index (χ0) is 15.1. The monoisotopic (exact) mass is 292 g/mol. The molecular weight excluding hydrogens is 276 g/mol. The Balaban J connectivity index is 1.78. The lowest BCUT2D eigenvalue weighted by Gasteiger charge is -2.28. The number of hydrogen-bond donors (Lipinski definition) is 2. The van der Waals surface area contributed by atoms with Gasteiger partial charge in [0, 0.05) is 6.20 Å². The lowest BCUT2D eigenvalue weighted by Crippen LogP contribution is -2.36. The molecule has 2 aromatic rings. The second-order valence-corrected chi connectivity index (χ2v) is 5.45. The van der Waals surface area contributed by atoms with E-state index in [1.54, 1.807) is 6.20 Å². The van der Waals surface area contributed by atoms with E-state index in [-0.39, 0.29) is 5.78 Å². The Morgan fingerprint density at radius 3 is 2.77 bits per heavy atom. The number of ketones is 1. The predicted octanol–water partition coefficient (Wildman–Crippen LogP) is 3.57. The zero-order valence-electron chi connectivity index (χ0n) is 12.2. The first-order valence-corrected chi connectivity index (χ1v) is 7.42. The number of anilines is 2. The van der Waals surface area contributed by atoms with E-state index in [2.05, 4.69) is 17.6 Å². The molecular formula is C18H16N2O2. The van der Waals surface area contributed by atoms with Gasteiger partial charge in [-0.2, -0.15) is 0 Å². The molecule has 22 heavy (non-hydrogen) atoms. The van der Waals surface area contributed by atoms with Crippen molar-refractivity contribution in [1.29, 1.82) is 0 Å². The van der Waals surface area contributed by atoms with E-state index >= 15 is 0 Å². The minimum atomic E-state index is -0.469. The number of carbonyl (C=O) groups excluding carboxylic acids is 1. The Kier molecular flexibility index (Phi) is 2.89. The van der Waals surface area contributed by atoms with Gasteiger partial charge in [-0.05, 0) is 36.2 Å². The molecule has 0 amide bonds. The maximum Gasteiger partial charge on any atom is 0.201 e. The van der Waals surface area contributed by atoms with Gasteiger partial charge in [-0.25, -0.2) is 0 Å². The fourth-order valence-corrected chi connectivity index (χ4v) is 2.82. The molecule has 2 heterocycles. The number of ether oxygens (including phenoxy) is 1. The molecule has 4 nitrogen and oxygen atoms in total. The highest BCUT2D eigenvalue weighted by Gasteiger charge is 2.33. The Hall–Kier alpha value is -2.75. The number of hydrogen-bond acceptors (Lipinski definition) is 4. The Bertz CT molecular complexity index is 795. The highest BCUT2D eigenvalue weighted by molar-refractivity contribution is 6.13. The van der Waals surface area contributed by atoms with E-state index in [0.717, 1.165) is 23.4 Å². The van der Waals surface area contributed by atoms with Gasteiger partial charge in [0.2, 0.25) is 6.23 Å². The van der Waals surface area contributed by atoms with Crippen LogP contribution in [0.5, 0.6) is 5.75 Å². The molecule has 110 valence electrons. The molecule has 0 spiro atoms. The van der Waals surface area contributed by atoms with E-state index in [1.807, 2.05) is 42.5 Å². The number of carbonyl (C=O) groups is 1. The summed E-state index contributed by atoms with van der Waals surface area (Å²) in [6, 6.07) is 13.6. The number of benzene rings is 2. The normalized spacial score (nSPS) is 18.5. The topological polar surface area (TPSA) is 50.4 Å². The summed E-state index contributed by atoms with van der Waals surface area (Å²) in [7, 11) is 0. The van der Waals surface area contributed by atoms with Crippen molar-refractivity contribution in [1.82, 2.24) is 0 Å². The molecule has 0 radical (unpaired) electrons. The molecule has 2 N–H and O–H groups in total. The summed E-state index contributed by atoms with van der Waals surface area (Å²) in [5.41, 5.74) is 4.21. The van der Waals surface area contributed by atoms with Crippen LogP contribution in [0.3, 0.4) is 0 Å². The molecule has 1 atom stereocenters. The second-order valence-electron chi connectivity index (χ2n) is 5.45. The van der Waals surface area contributed by atoms with Crippen LogP contribution in [0.4, 0.5) is 11.4 Å². The summed E-state index contributed by atoms with van der Waals surface area (Å²) < 4.78 is 6.00. The Labute approximate surface area is 128 Å². The molecule has 0 unspecified atom stereocenters. The molecule has 0 fully saturated rings. The third kappa shape index (κ3) is 1.96. The lowest BCUT2D eigenvalue weighted by molar-refractivity contribution is 0.0974. The summed E-state index contributed by atoms with van der Waals surface area (Å²) in [4.78, 5) is 12.8. The van der Waals surface area contributed by atoms with Gasteiger partial charge in [-0.1, -0.05) is 25.1 Å². The van der Waals surface area contributed by atoms with Crippen molar-refractivity contribution in [2.45, 2.75) is 19.6 Å². The van der Waals surface area contributed by atoms with Crippen LogP contribution in [-0.2, 0) is 6.42 Å². The van der Waals surface area contributed by atoms with Gasteiger partial charge < -0.3 is 15.4 Å². The van der Waals surface area contributed by atoms with E-state index < -0.39 is 6.23 Å². The fourth-order valence-electron chi connectivity index (χ4n) is 2.82. The van der Waals surface area contributed by atoms with Gasteiger partial charge in [0.25, 0.3) is 0 Å². The van der Waals surface area contributed by atoms with Gasteiger partial charge in [0.05, 0.1) is 22.5 Å². The van der Waals surface area contributed by atoms with Gasteiger partial charge in [0.1, 0.15) is 5.75 Å². The van der Waals surface area contributed by atoms with Crippen LogP contribution >= 0.6 is 0 Å².